The van der Waals surface area contributed by atoms with Gasteiger partial charge in [0, 0.05) is 37.5 Å². The van der Waals surface area contributed by atoms with Crippen LogP contribution in [-0.2, 0) is 4.79 Å². The largest absolute Gasteiger partial charge is 0.573 e. The lowest BCUT2D eigenvalue weighted by atomic mass is 10.0. The highest BCUT2D eigenvalue weighted by atomic mass is 19.4. The molecule has 3 rings (SSSR count). The quantitative estimate of drug-likeness (QED) is 0.754. The number of aliphatic hydroxyl groups is 1. The van der Waals surface area contributed by atoms with E-state index in [4.69, 9.17) is 0 Å². The van der Waals surface area contributed by atoms with Gasteiger partial charge in [0.05, 0.1) is 17.8 Å². The molecule has 1 aromatic carbocycles. The maximum Gasteiger partial charge on any atom is 0.573 e. The Kier molecular flexibility index (Phi) is 5.92. The molecule has 2 atom stereocenters. The summed E-state index contributed by atoms with van der Waals surface area (Å²) in [6.45, 7) is 2.23. The maximum absolute atomic E-state index is 14.0. The molecular formula is C19H19F4N3O3. The second-order valence-electron chi connectivity index (χ2n) is 6.70. The van der Waals surface area contributed by atoms with E-state index in [9.17, 15) is 27.5 Å². The molecule has 1 aromatic heterocycles. The van der Waals surface area contributed by atoms with Crippen LogP contribution in [-0.4, -0.2) is 47.6 Å². The lowest BCUT2D eigenvalue weighted by molar-refractivity contribution is -0.275. The average molecular weight is 413 g/mol. The fourth-order valence-electron chi connectivity index (χ4n) is 3.24. The molecule has 29 heavy (non-hydrogen) atoms. The molecular weight excluding hydrogens is 394 g/mol. The van der Waals surface area contributed by atoms with Gasteiger partial charge in [0.25, 0.3) is 0 Å². The molecule has 1 aliphatic rings. The van der Waals surface area contributed by atoms with Crippen molar-refractivity contribution in [2.75, 3.05) is 18.0 Å². The normalized spacial score (nSPS) is 19.7. The van der Waals surface area contributed by atoms with E-state index in [0.717, 1.165) is 12.1 Å². The third-order valence-corrected chi connectivity index (χ3v) is 4.53. The fraction of sp³-hybridized carbons (Fsp3) is 0.368. The monoisotopic (exact) mass is 413 g/mol. The number of carbonyl (C=O) groups is 1. The molecule has 10 heteroatoms. The van der Waals surface area contributed by atoms with Gasteiger partial charge in [-0.3, -0.25) is 9.78 Å². The van der Waals surface area contributed by atoms with Crippen molar-refractivity contribution in [3.05, 3.63) is 42.3 Å². The van der Waals surface area contributed by atoms with E-state index in [0.29, 0.717) is 24.3 Å². The molecule has 0 radical (unpaired) electrons. The van der Waals surface area contributed by atoms with Crippen molar-refractivity contribution in [3.8, 4) is 17.0 Å². The summed E-state index contributed by atoms with van der Waals surface area (Å²) < 4.78 is 54.5. The summed E-state index contributed by atoms with van der Waals surface area (Å²) in [7, 11) is 0. The predicted octanol–water partition coefficient (Wildman–Crippen LogP) is 2.86. The Labute approximate surface area is 164 Å². The topological polar surface area (TPSA) is 74.7 Å². The van der Waals surface area contributed by atoms with Crippen LogP contribution in [0, 0.1) is 5.82 Å². The Hall–Kier alpha value is -2.88. The SMILES string of the molecule is CC(=O)N[C@H]1CCN(c2ccnc(-c3ccc(OC(F)(F)F)c(F)c3)c2)C[C@@H]1O. The van der Waals surface area contributed by atoms with Crippen LogP contribution in [0.25, 0.3) is 11.3 Å². The van der Waals surface area contributed by atoms with Crippen LogP contribution in [0.15, 0.2) is 36.5 Å². The number of anilines is 1. The molecule has 156 valence electrons. The molecule has 1 saturated heterocycles. The number of pyridine rings is 1. The summed E-state index contributed by atoms with van der Waals surface area (Å²) >= 11 is 0. The summed E-state index contributed by atoms with van der Waals surface area (Å²) in [4.78, 5) is 17.2. The zero-order chi connectivity index (χ0) is 21.2. The molecule has 0 bridgehead atoms. The number of hydrogen-bond donors (Lipinski definition) is 2. The third kappa shape index (κ3) is 5.35. The molecule has 6 nitrogen and oxygen atoms in total. The summed E-state index contributed by atoms with van der Waals surface area (Å²) in [5.74, 6) is -2.28. The Morgan fingerprint density at radius 1 is 1.31 bits per heavy atom. The number of benzene rings is 1. The van der Waals surface area contributed by atoms with E-state index in [2.05, 4.69) is 15.0 Å². The van der Waals surface area contributed by atoms with Gasteiger partial charge in [-0.1, -0.05) is 0 Å². The van der Waals surface area contributed by atoms with Gasteiger partial charge in [-0.15, -0.1) is 13.2 Å². The number of ether oxygens (including phenoxy) is 1. The molecule has 0 aliphatic carbocycles. The minimum absolute atomic E-state index is 0.214. The van der Waals surface area contributed by atoms with Gasteiger partial charge < -0.3 is 20.1 Å². The van der Waals surface area contributed by atoms with Crippen molar-refractivity contribution < 1.29 is 32.2 Å². The van der Waals surface area contributed by atoms with Gasteiger partial charge in [0.2, 0.25) is 5.91 Å². The average Bonchev–Trinajstić information content (AvgIpc) is 2.64. The van der Waals surface area contributed by atoms with Crippen LogP contribution in [0.2, 0.25) is 0 Å². The van der Waals surface area contributed by atoms with Crippen LogP contribution in [0.5, 0.6) is 5.75 Å². The highest BCUT2D eigenvalue weighted by molar-refractivity contribution is 5.73. The first-order valence-electron chi connectivity index (χ1n) is 8.84. The van der Waals surface area contributed by atoms with Crippen molar-refractivity contribution >= 4 is 11.6 Å². The minimum Gasteiger partial charge on any atom is -0.403 e. The summed E-state index contributed by atoms with van der Waals surface area (Å²) in [5, 5.41) is 13.0. The number of piperidine rings is 1. The van der Waals surface area contributed by atoms with Crippen molar-refractivity contribution in [3.63, 3.8) is 0 Å². The first-order chi connectivity index (χ1) is 13.6. The van der Waals surface area contributed by atoms with E-state index in [1.807, 2.05) is 4.90 Å². The highest BCUT2D eigenvalue weighted by Gasteiger charge is 2.32. The van der Waals surface area contributed by atoms with Crippen LogP contribution in [0.4, 0.5) is 23.2 Å². The number of nitrogens with one attached hydrogen (secondary N) is 1. The zero-order valence-corrected chi connectivity index (χ0v) is 15.4. The molecule has 1 fully saturated rings. The van der Waals surface area contributed by atoms with E-state index in [1.165, 1.54) is 19.2 Å². The third-order valence-electron chi connectivity index (χ3n) is 4.53. The Bertz CT molecular complexity index is 891. The molecule has 0 spiro atoms. The van der Waals surface area contributed by atoms with Gasteiger partial charge in [-0.05, 0) is 36.8 Å². The number of aliphatic hydroxyl groups excluding tert-OH is 1. The van der Waals surface area contributed by atoms with Crippen molar-refractivity contribution in [2.24, 2.45) is 0 Å². The van der Waals surface area contributed by atoms with Gasteiger partial charge in [0.1, 0.15) is 0 Å². The Morgan fingerprint density at radius 3 is 2.69 bits per heavy atom. The van der Waals surface area contributed by atoms with E-state index < -0.39 is 24.0 Å². The molecule has 2 aromatic rings. The number of aromatic nitrogens is 1. The number of amides is 1. The van der Waals surface area contributed by atoms with Crippen LogP contribution in [0.1, 0.15) is 13.3 Å². The first-order valence-corrected chi connectivity index (χ1v) is 8.84. The van der Waals surface area contributed by atoms with Gasteiger partial charge in [-0.25, -0.2) is 4.39 Å². The van der Waals surface area contributed by atoms with Crippen LogP contribution in [0.3, 0.4) is 0 Å². The zero-order valence-electron chi connectivity index (χ0n) is 15.4. The summed E-state index contributed by atoms with van der Waals surface area (Å²) in [5.41, 5.74) is 1.36. The molecule has 1 aliphatic heterocycles. The van der Waals surface area contributed by atoms with Gasteiger partial charge in [-0.2, -0.15) is 0 Å². The molecule has 1 amide bonds. The number of alkyl halides is 3. The van der Waals surface area contributed by atoms with Crippen LogP contribution >= 0.6 is 0 Å². The van der Waals surface area contributed by atoms with E-state index in [-0.39, 0.29) is 24.1 Å². The number of nitrogens with zero attached hydrogens (tertiary/aromatic N) is 2. The van der Waals surface area contributed by atoms with Crippen LogP contribution < -0.4 is 15.0 Å². The van der Waals surface area contributed by atoms with E-state index >= 15 is 0 Å². The van der Waals surface area contributed by atoms with Crippen molar-refractivity contribution in [1.29, 1.82) is 0 Å². The number of rotatable bonds is 4. The molecule has 2 heterocycles. The number of hydrogen-bond acceptors (Lipinski definition) is 5. The minimum atomic E-state index is -4.98. The molecule has 2 N–H and O–H groups in total. The summed E-state index contributed by atoms with van der Waals surface area (Å²) in [6.07, 6.45) is -3.71. The second-order valence-corrected chi connectivity index (χ2v) is 6.70. The van der Waals surface area contributed by atoms with Crippen molar-refractivity contribution in [2.45, 2.75) is 31.9 Å². The smallest absolute Gasteiger partial charge is 0.403 e. The molecule has 0 saturated carbocycles. The lowest BCUT2D eigenvalue weighted by Crippen LogP contribution is -2.53. The first kappa shape index (κ1) is 20.8. The van der Waals surface area contributed by atoms with Crippen molar-refractivity contribution in [1.82, 2.24) is 10.3 Å². The number of halogens is 4. The molecule has 0 unspecified atom stereocenters. The number of carbonyl (C=O) groups excluding carboxylic acids is 1. The Morgan fingerprint density at radius 2 is 2.07 bits per heavy atom. The maximum atomic E-state index is 14.0. The standard InChI is InChI=1S/C19H19F4N3O3/c1-11(27)25-15-5-7-26(10-17(15)28)13-4-6-24-16(9-13)12-2-3-18(14(20)8-12)29-19(21,22)23/h2-4,6,8-9,15,17,28H,5,7,10H2,1H3,(H,25,27)/t15-,17-/m0/s1. The Balaban J connectivity index is 1.77. The fourth-order valence-corrected chi connectivity index (χ4v) is 3.24. The summed E-state index contributed by atoms with van der Waals surface area (Å²) in [6, 6.07) is 6.14. The van der Waals surface area contributed by atoms with Gasteiger partial charge in [0.15, 0.2) is 11.6 Å². The number of β-amino-alcohol motifs (C(OH)–C–C–N with tert-alkyl or cyclic N) is 1. The van der Waals surface area contributed by atoms with Gasteiger partial charge >= 0.3 is 6.36 Å². The lowest BCUT2D eigenvalue weighted by Gasteiger charge is -2.37. The second kappa shape index (κ2) is 8.24. The highest BCUT2D eigenvalue weighted by Crippen LogP contribution is 2.30. The van der Waals surface area contributed by atoms with E-state index in [1.54, 1.807) is 12.1 Å². The predicted molar refractivity (Wildman–Crippen MR) is 96.8 cm³/mol.